The average molecular weight is 443 g/mol. The lowest BCUT2D eigenvalue weighted by Gasteiger charge is -2.40. The molecule has 0 radical (unpaired) electrons. The van der Waals surface area contributed by atoms with Crippen LogP contribution in [0.1, 0.15) is 63.0 Å². The van der Waals surface area contributed by atoms with Crippen LogP contribution in [0.25, 0.3) is 0 Å². The van der Waals surface area contributed by atoms with Gasteiger partial charge in [0, 0.05) is 24.5 Å². The lowest BCUT2D eigenvalue weighted by molar-refractivity contribution is -0.126. The van der Waals surface area contributed by atoms with Gasteiger partial charge < -0.3 is 10.4 Å². The number of likely N-dealkylation sites (tertiary alicyclic amines) is 1. The number of carbonyl (C=O) groups is 1. The number of piperidine rings is 1. The highest BCUT2D eigenvalue weighted by atomic mass is 35.5. The van der Waals surface area contributed by atoms with E-state index in [0.29, 0.717) is 12.3 Å². The van der Waals surface area contributed by atoms with E-state index in [0.717, 1.165) is 36.5 Å². The van der Waals surface area contributed by atoms with Gasteiger partial charge in [-0.3, -0.25) is 9.69 Å². The molecular formula is C26H35ClN2O2. The summed E-state index contributed by atoms with van der Waals surface area (Å²) in [4.78, 5) is 14.9. The number of nitrogens with zero attached hydrogens (tertiary/aromatic N) is 1. The molecule has 1 heterocycles. The second-order valence-corrected chi connectivity index (χ2v) is 9.57. The first-order valence-corrected chi connectivity index (χ1v) is 11.7. The van der Waals surface area contributed by atoms with E-state index < -0.39 is 6.23 Å². The highest BCUT2D eigenvalue weighted by Gasteiger charge is 2.32. The predicted molar refractivity (Wildman–Crippen MR) is 127 cm³/mol. The number of amides is 1. The molecule has 0 aliphatic carbocycles. The Morgan fingerprint density at radius 1 is 1.06 bits per heavy atom. The summed E-state index contributed by atoms with van der Waals surface area (Å²) in [6.45, 7) is 7.80. The van der Waals surface area contributed by atoms with Crippen LogP contribution in [0.3, 0.4) is 0 Å². The number of rotatable bonds is 8. The van der Waals surface area contributed by atoms with Crippen molar-refractivity contribution in [2.24, 2.45) is 5.92 Å². The van der Waals surface area contributed by atoms with E-state index in [1.807, 2.05) is 30.3 Å². The maximum absolute atomic E-state index is 12.7. The number of hydrogen-bond donors (Lipinski definition) is 2. The van der Waals surface area contributed by atoms with Crippen LogP contribution in [0.2, 0.25) is 5.02 Å². The van der Waals surface area contributed by atoms with E-state index in [1.165, 1.54) is 5.56 Å². The number of hydrogen-bond acceptors (Lipinski definition) is 3. The SMILES string of the molecule is CC(CC(=O)N[C@H](C(C)C)[C@@H](O)N1CCC(c2ccc(Cl)cc2)CC1)c1ccccc1. The molecule has 4 nitrogen and oxygen atoms in total. The van der Waals surface area contributed by atoms with Crippen LogP contribution in [0.5, 0.6) is 0 Å². The molecule has 5 heteroatoms. The summed E-state index contributed by atoms with van der Waals surface area (Å²) in [6, 6.07) is 17.9. The Hall–Kier alpha value is -1.88. The fraction of sp³-hybridized carbons (Fsp3) is 0.500. The summed E-state index contributed by atoms with van der Waals surface area (Å²) in [6.07, 6.45) is 1.71. The Bertz CT molecular complexity index is 817. The van der Waals surface area contributed by atoms with Gasteiger partial charge >= 0.3 is 0 Å². The summed E-state index contributed by atoms with van der Waals surface area (Å²) in [5.74, 6) is 0.755. The number of nitrogens with one attached hydrogen (secondary N) is 1. The summed E-state index contributed by atoms with van der Waals surface area (Å²) < 4.78 is 0. The Morgan fingerprint density at radius 2 is 1.68 bits per heavy atom. The minimum atomic E-state index is -0.679. The Kier molecular flexibility index (Phi) is 8.53. The van der Waals surface area contributed by atoms with Crippen LogP contribution in [-0.4, -0.2) is 41.3 Å². The van der Waals surface area contributed by atoms with E-state index in [9.17, 15) is 9.90 Å². The third kappa shape index (κ3) is 6.55. The van der Waals surface area contributed by atoms with Gasteiger partial charge in [-0.05, 0) is 53.9 Å². The fourth-order valence-corrected chi connectivity index (χ4v) is 4.59. The molecule has 1 unspecified atom stereocenters. The molecule has 3 rings (SSSR count). The molecule has 31 heavy (non-hydrogen) atoms. The highest BCUT2D eigenvalue weighted by Crippen LogP contribution is 2.30. The van der Waals surface area contributed by atoms with Gasteiger partial charge in [-0.1, -0.05) is 74.8 Å². The molecule has 1 saturated heterocycles. The normalized spacial score (nSPS) is 18.5. The van der Waals surface area contributed by atoms with Crippen molar-refractivity contribution in [1.29, 1.82) is 0 Å². The lowest BCUT2D eigenvalue weighted by atomic mass is 9.88. The van der Waals surface area contributed by atoms with Gasteiger partial charge in [0.15, 0.2) is 0 Å². The first kappa shape index (κ1) is 23.8. The molecule has 2 aromatic rings. The highest BCUT2D eigenvalue weighted by molar-refractivity contribution is 6.30. The number of aliphatic hydroxyl groups is 1. The molecule has 2 N–H and O–H groups in total. The number of carbonyl (C=O) groups excluding carboxylic acids is 1. The van der Waals surface area contributed by atoms with Crippen molar-refractivity contribution in [1.82, 2.24) is 10.2 Å². The van der Waals surface area contributed by atoms with Crippen LogP contribution < -0.4 is 5.32 Å². The number of halogens is 1. The topological polar surface area (TPSA) is 52.6 Å². The fourth-order valence-electron chi connectivity index (χ4n) is 4.47. The van der Waals surface area contributed by atoms with Crippen LogP contribution >= 0.6 is 11.6 Å². The Labute approximate surface area is 191 Å². The molecule has 1 aliphatic rings. The van der Waals surface area contributed by atoms with Gasteiger partial charge in [0.1, 0.15) is 6.23 Å². The van der Waals surface area contributed by atoms with Crippen LogP contribution in [0.4, 0.5) is 0 Å². The second-order valence-electron chi connectivity index (χ2n) is 9.13. The third-order valence-electron chi connectivity index (χ3n) is 6.47. The van der Waals surface area contributed by atoms with Gasteiger partial charge in [0.05, 0.1) is 6.04 Å². The lowest BCUT2D eigenvalue weighted by Crippen LogP contribution is -2.55. The van der Waals surface area contributed by atoms with E-state index in [4.69, 9.17) is 11.6 Å². The van der Waals surface area contributed by atoms with Crippen LogP contribution in [0.15, 0.2) is 54.6 Å². The molecular weight excluding hydrogens is 408 g/mol. The zero-order chi connectivity index (χ0) is 22.4. The van der Waals surface area contributed by atoms with Crippen molar-refractivity contribution in [3.8, 4) is 0 Å². The molecule has 1 amide bonds. The molecule has 0 spiro atoms. The maximum atomic E-state index is 12.7. The monoisotopic (exact) mass is 442 g/mol. The third-order valence-corrected chi connectivity index (χ3v) is 6.72. The van der Waals surface area contributed by atoms with Crippen LogP contribution in [-0.2, 0) is 4.79 Å². The summed E-state index contributed by atoms with van der Waals surface area (Å²) in [7, 11) is 0. The predicted octanol–water partition coefficient (Wildman–Crippen LogP) is 5.17. The smallest absolute Gasteiger partial charge is 0.220 e. The molecule has 1 fully saturated rings. The summed E-state index contributed by atoms with van der Waals surface area (Å²) >= 11 is 6.01. The molecule has 0 saturated carbocycles. The molecule has 3 atom stereocenters. The standard InChI is InChI=1S/C26H35ClN2O2/c1-18(2)25(28-24(30)17-19(3)20-7-5-4-6-8-20)26(31)29-15-13-22(14-16-29)21-9-11-23(27)12-10-21/h4-12,18-19,22,25-26,31H,13-17H2,1-3H3,(H,28,30)/t19?,25-,26-/m1/s1. The van der Waals surface area contributed by atoms with Crippen molar-refractivity contribution in [2.45, 2.75) is 64.1 Å². The average Bonchev–Trinajstić information content (AvgIpc) is 2.78. The van der Waals surface area contributed by atoms with Gasteiger partial charge in [0.25, 0.3) is 0 Å². The van der Waals surface area contributed by atoms with Crippen molar-refractivity contribution in [3.05, 3.63) is 70.7 Å². The van der Waals surface area contributed by atoms with E-state index in [-0.39, 0.29) is 23.8 Å². The zero-order valence-corrected chi connectivity index (χ0v) is 19.6. The molecule has 168 valence electrons. The van der Waals surface area contributed by atoms with Crippen molar-refractivity contribution in [2.75, 3.05) is 13.1 Å². The first-order chi connectivity index (χ1) is 14.8. The van der Waals surface area contributed by atoms with E-state index in [2.05, 4.69) is 55.3 Å². The second kappa shape index (κ2) is 11.1. The molecule has 1 aliphatic heterocycles. The van der Waals surface area contributed by atoms with Crippen molar-refractivity contribution in [3.63, 3.8) is 0 Å². The minimum absolute atomic E-state index is 0.00912. The Balaban J connectivity index is 1.54. The first-order valence-electron chi connectivity index (χ1n) is 11.4. The minimum Gasteiger partial charge on any atom is -0.376 e. The summed E-state index contributed by atoms with van der Waals surface area (Å²) in [5, 5.41) is 15.0. The number of benzene rings is 2. The molecule has 0 aromatic heterocycles. The Morgan fingerprint density at radius 3 is 2.26 bits per heavy atom. The van der Waals surface area contributed by atoms with Gasteiger partial charge in [-0.2, -0.15) is 0 Å². The largest absolute Gasteiger partial charge is 0.376 e. The van der Waals surface area contributed by atoms with E-state index >= 15 is 0 Å². The quantitative estimate of drug-likeness (QED) is 0.592. The van der Waals surface area contributed by atoms with E-state index in [1.54, 1.807) is 0 Å². The molecule has 2 aromatic carbocycles. The van der Waals surface area contributed by atoms with Gasteiger partial charge in [-0.25, -0.2) is 0 Å². The van der Waals surface area contributed by atoms with Crippen LogP contribution in [0, 0.1) is 5.92 Å². The van der Waals surface area contributed by atoms with Gasteiger partial charge in [0.2, 0.25) is 5.91 Å². The number of aliphatic hydroxyl groups excluding tert-OH is 1. The van der Waals surface area contributed by atoms with Crippen molar-refractivity contribution < 1.29 is 9.90 Å². The zero-order valence-electron chi connectivity index (χ0n) is 18.8. The van der Waals surface area contributed by atoms with Gasteiger partial charge in [-0.15, -0.1) is 0 Å². The van der Waals surface area contributed by atoms with Crippen molar-refractivity contribution >= 4 is 17.5 Å². The maximum Gasteiger partial charge on any atom is 0.220 e. The molecule has 0 bridgehead atoms. The summed E-state index contributed by atoms with van der Waals surface area (Å²) in [5.41, 5.74) is 2.46.